The van der Waals surface area contributed by atoms with Crippen molar-refractivity contribution in [1.29, 1.82) is 0 Å². The van der Waals surface area contributed by atoms with E-state index >= 15 is 0 Å². The molecular formula is C13H24N4OS. The molecule has 1 N–H and O–H groups in total. The van der Waals surface area contributed by atoms with Crippen LogP contribution in [0.4, 0.5) is 5.13 Å². The van der Waals surface area contributed by atoms with Gasteiger partial charge in [0.15, 0.2) is 5.13 Å². The molecule has 0 aliphatic carbocycles. The van der Waals surface area contributed by atoms with Crippen LogP contribution in [0.25, 0.3) is 0 Å². The third-order valence-electron chi connectivity index (χ3n) is 3.05. The van der Waals surface area contributed by atoms with Crippen LogP contribution in [0.1, 0.15) is 25.6 Å². The molecule has 19 heavy (non-hydrogen) atoms. The van der Waals surface area contributed by atoms with Crippen molar-refractivity contribution in [3.8, 4) is 0 Å². The van der Waals surface area contributed by atoms with E-state index in [-0.39, 0.29) is 5.91 Å². The SMILES string of the molecule is CCN(C)C(=O)CNCc1cnc(N(CC)CC)s1. The van der Waals surface area contributed by atoms with Gasteiger partial charge in [-0.2, -0.15) is 0 Å². The second kappa shape index (κ2) is 8.12. The molecule has 0 atom stereocenters. The van der Waals surface area contributed by atoms with Gasteiger partial charge in [-0.1, -0.05) is 0 Å². The van der Waals surface area contributed by atoms with E-state index in [4.69, 9.17) is 0 Å². The monoisotopic (exact) mass is 284 g/mol. The van der Waals surface area contributed by atoms with Gasteiger partial charge in [0.1, 0.15) is 0 Å². The lowest BCUT2D eigenvalue weighted by Crippen LogP contribution is -2.34. The van der Waals surface area contributed by atoms with Crippen molar-refractivity contribution in [1.82, 2.24) is 15.2 Å². The molecule has 1 amide bonds. The van der Waals surface area contributed by atoms with Crippen LogP contribution in [0.2, 0.25) is 0 Å². The molecule has 0 fully saturated rings. The summed E-state index contributed by atoms with van der Waals surface area (Å²) in [5.74, 6) is 0.121. The second-order valence-electron chi connectivity index (χ2n) is 4.29. The summed E-state index contributed by atoms with van der Waals surface area (Å²) in [5.41, 5.74) is 0. The third kappa shape index (κ3) is 4.80. The lowest BCUT2D eigenvalue weighted by molar-refractivity contribution is -0.128. The number of anilines is 1. The van der Waals surface area contributed by atoms with E-state index in [0.29, 0.717) is 13.1 Å². The lowest BCUT2D eigenvalue weighted by Gasteiger charge is -2.16. The van der Waals surface area contributed by atoms with Crippen LogP contribution in [-0.2, 0) is 11.3 Å². The minimum atomic E-state index is 0.121. The summed E-state index contributed by atoms with van der Waals surface area (Å²) in [6.45, 7) is 9.98. The van der Waals surface area contributed by atoms with Gasteiger partial charge in [0.25, 0.3) is 0 Å². The van der Waals surface area contributed by atoms with Crippen LogP contribution in [0.15, 0.2) is 6.20 Å². The summed E-state index contributed by atoms with van der Waals surface area (Å²) in [4.78, 5) is 21.1. The molecule has 5 nitrogen and oxygen atoms in total. The number of nitrogens with zero attached hydrogens (tertiary/aromatic N) is 3. The predicted molar refractivity (Wildman–Crippen MR) is 80.7 cm³/mol. The van der Waals surface area contributed by atoms with Crippen LogP contribution in [0.5, 0.6) is 0 Å². The summed E-state index contributed by atoms with van der Waals surface area (Å²) >= 11 is 1.68. The fraction of sp³-hybridized carbons (Fsp3) is 0.692. The maximum Gasteiger partial charge on any atom is 0.236 e. The number of aromatic nitrogens is 1. The Balaban J connectivity index is 2.40. The van der Waals surface area contributed by atoms with Crippen LogP contribution >= 0.6 is 11.3 Å². The molecule has 0 saturated carbocycles. The van der Waals surface area contributed by atoms with E-state index < -0.39 is 0 Å². The lowest BCUT2D eigenvalue weighted by atomic mass is 10.4. The van der Waals surface area contributed by atoms with E-state index in [1.54, 1.807) is 16.2 Å². The number of thiazole rings is 1. The minimum absolute atomic E-state index is 0.121. The summed E-state index contributed by atoms with van der Waals surface area (Å²) in [6, 6.07) is 0. The highest BCUT2D eigenvalue weighted by Crippen LogP contribution is 2.21. The van der Waals surface area contributed by atoms with Crippen molar-refractivity contribution in [2.24, 2.45) is 0 Å². The summed E-state index contributed by atoms with van der Waals surface area (Å²) in [7, 11) is 1.81. The van der Waals surface area contributed by atoms with Crippen molar-refractivity contribution in [3.63, 3.8) is 0 Å². The quantitative estimate of drug-likeness (QED) is 0.787. The Labute approximate surface area is 119 Å². The topological polar surface area (TPSA) is 48.5 Å². The van der Waals surface area contributed by atoms with E-state index in [9.17, 15) is 4.79 Å². The van der Waals surface area contributed by atoms with Gasteiger partial charge in [-0.25, -0.2) is 4.98 Å². The zero-order valence-electron chi connectivity index (χ0n) is 12.3. The molecule has 6 heteroatoms. The maximum absolute atomic E-state index is 11.6. The van der Waals surface area contributed by atoms with Crippen molar-refractivity contribution in [2.75, 3.05) is 38.1 Å². The number of nitrogens with one attached hydrogen (secondary N) is 1. The Bertz CT molecular complexity index is 390. The maximum atomic E-state index is 11.6. The molecule has 0 aliphatic heterocycles. The fourth-order valence-corrected chi connectivity index (χ4v) is 2.63. The largest absolute Gasteiger partial charge is 0.349 e. The van der Waals surface area contributed by atoms with Crippen LogP contribution < -0.4 is 10.2 Å². The number of carbonyl (C=O) groups is 1. The van der Waals surface area contributed by atoms with Crippen molar-refractivity contribution in [3.05, 3.63) is 11.1 Å². The highest BCUT2D eigenvalue weighted by atomic mass is 32.1. The molecule has 0 bridgehead atoms. The Morgan fingerprint density at radius 2 is 2.00 bits per heavy atom. The number of hydrogen-bond donors (Lipinski definition) is 1. The first-order valence-corrected chi connectivity index (χ1v) is 7.58. The van der Waals surface area contributed by atoms with Crippen LogP contribution in [0.3, 0.4) is 0 Å². The fourth-order valence-electron chi connectivity index (χ4n) is 1.62. The minimum Gasteiger partial charge on any atom is -0.349 e. The molecule has 1 aromatic rings. The molecule has 0 spiro atoms. The average molecular weight is 284 g/mol. The summed E-state index contributed by atoms with van der Waals surface area (Å²) in [5, 5.41) is 4.22. The molecule has 0 aromatic carbocycles. The summed E-state index contributed by atoms with van der Waals surface area (Å²) in [6.07, 6.45) is 1.89. The molecule has 1 aromatic heterocycles. The number of likely N-dealkylation sites (N-methyl/N-ethyl adjacent to an activating group) is 1. The number of carbonyl (C=O) groups excluding carboxylic acids is 1. The Kier molecular flexibility index (Phi) is 6.80. The molecule has 108 valence electrons. The predicted octanol–water partition coefficient (Wildman–Crippen LogP) is 1.56. The van der Waals surface area contributed by atoms with Gasteiger partial charge in [0, 0.05) is 44.3 Å². The smallest absolute Gasteiger partial charge is 0.236 e. The number of hydrogen-bond acceptors (Lipinski definition) is 5. The Hall–Kier alpha value is -1.14. The zero-order chi connectivity index (χ0) is 14.3. The standard InChI is InChI=1S/C13H24N4OS/c1-5-16(4)12(18)10-14-8-11-9-15-13(19-11)17(6-2)7-3/h9,14H,5-8,10H2,1-4H3. The van der Waals surface area contributed by atoms with Gasteiger partial charge in [0.05, 0.1) is 6.54 Å². The number of amides is 1. The molecule has 0 aliphatic rings. The Morgan fingerprint density at radius 1 is 1.32 bits per heavy atom. The third-order valence-corrected chi connectivity index (χ3v) is 4.11. The van der Waals surface area contributed by atoms with E-state index in [1.165, 1.54) is 0 Å². The van der Waals surface area contributed by atoms with Crippen LogP contribution in [0, 0.1) is 0 Å². The van der Waals surface area contributed by atoms with Crippen molar-refractivity contribution in [2.45, 2.75) is 27.3 Å². The highest BCUT2D eigenvalue weighted by molar-refractivity contribution is 7.15. The van der Waals surface area contributed by atoms with E-state index in [2.05, 4.69) is 29.0 Å². The zero-order valence-corrected chi connectivity index (χ0v) is 13.1. The van der Waals surface area contributed by atoms with Gasteiger partial charge < -0.3 is 15.1 Å². The first-order valence-electron chi connectivity index (χ1n) is 6.76. The first kappa shape index (κ1) is 15.9. The second-order valence-corrected chi connectivity index (χ2v) is 5.39. The highest BCUT2D eigenvalue weighted by Gasteiger charge is 2.09. The van der Waals surface area contributed by atoms with Crippen molar-refractivity contribution >= 4 is 22.4 Å². The first-order chi connectivity index (χ1) is 9.12. The van der Waals surface area contributed by atoms with Gasteiger partial charge >= 0.3 is 0 Å². The normalized spacial score (nSPS) is 10.5. The van der Waals surface area contributed by atoms with E-state index in [0.717, 1.165) is 29.6 Å². The van der Waals surface area contributed by atoms with Gasteiger partial charge in [0.2, 0.25) is 5.91 Å². The molecule has 1 rings (SSSR count). The molecule has 0 saturated heterocycles. The van der Waals surface area contributed by atoms with Gasteiger partial charge in [-0.05, 0) is 20.8 Å². The molecule has 1 heterocycles. The molecule has 0 radical (unpaired) electrons. The molecule has 0 unspecified atom stereocenters. The van der Waals surface area contributed by atoms with Crippen molar-refractivity contribution < 1.29 is 4.79 Å². The summed E-state index contributed by atoms with van der Waals surface area (Å²) < 4.78 is 0. The van der Waals surface area contributed by atoms with Gasteiger partial charge in [-0.3, -0.25) is 4.79 Å². The molecular weight excluding hydrogens is 260 g/mol. The van der Waals surface area contributed by atoms with Gasteiger partial charge in [-0.15, -0.1) is 11.3 Å². The van der Waals surface area contributed by atoms with Crippen LogP contribution in [-0.4, -0.2) is 49.0 Å². The Morgan fingerprint density at radius 3 is 2.58 bits per heavy atom. The average Bonchev–Trinajstić information content (AvgIpc) is 2.88. The number of rotatable bonds is 8. The van der Waals surface area contributed by atoms with E-state index in [1.807, 2.05) is 20.2 Å².